The molecule has 0 aliphatic carbocycles. The Morgan fingerprint density at radius 1 is 1.10 bits per heavy atom. The summed E-state index contributed by atoms with van der Waals surface area (Å²) in [5.74, 6) is -1.32. The van der Waals surface area contributed by atoms with Gasteiger partial charge in [0, 0.05) is 12.2 Å². The zero-order valence-corrected chi connectivity index (χ0v) is 17.9. The number of halogens is 1. The number of hydrogen-bond donors (Lipinski definition) is 1. The number of amides is 1. The molecule has 3 aromatic rings. The van der Waals surface area contributed by atoms with Gasteiger partial charge in [0.15, 0.2) is 0 Å². The minimum absolute atomic E-state index is 0.00427. The Kier molecular flexibility index (Phi) is 5.94. The van der Waals surface area contributed by atoms with E-state index in [0.29, 0.717) is 11.3 Å². The van der Waals surface area contributed by atoms with Gasteiger partial charge in [-0.3, -0.25) is 4.79 Å². The third kappa shape index (κ3) is 3.80. The van der Waals surface area contributed by atoms with Gasteiger partial charge < -0.3 is 9.88 Å². The molecule has 1 amide bonds. The van der Waals surface area contributed by atoms with Gasteiger partial charge in [-0.15, -0.1) is 6.58 Å². The van der Waals surface area contributed by atoms with Gasteiger partial charge >= 0.3 is 0 Å². The fraction of sp³-hybridized carbons (Fsp3) is 0.174. The molecule has 0 aliphatic rings. The van der Waals surface area contributed by atoms with E-state index in [-0.39, 0.29) is 27.7 Å². The molecular formula is C23H23FN2O3S. The number of allylic oxidation sites excluding steroid dienone is 1. The Balaban J connectivity index is 2.20. The standard InChI is InChI=1S/C23H23FN2O3S/c1-5-14-26-17(4)16(3)21(30(28,29)18-12-10-15(2)11-13-18)22(26)25-23(27)19-8-6-7-9-20(19)24/h5-13H,1,14H2,2-4H3,(H,25,27). The first kappa shape index (κ1) is 21.5. The minimum Gasteiger partial charge on any atom is -0.327 e. The number of carbonyl (C=O) groups is 1. The van der Waals surface area contributed by atoms with E-state index < -0.39 is 21.6 Å². The Bertz CT molecular complexity index is 1230. The average molecular weight is 427 g/mol. The molecule has 0 bridgehead atoms. The van der Waals surface area contributed by atoms with Crippen LogP contribution in [-0.4, -0.2) is 18.9 Å². The molecule has 0 radical (unpaired) electrons. The van der Waals surface area contributed by atoms with Crippen molar-refractivity contribution < 1.29 is 17.6 Å². The minimum atomic E-state index is -3.94. The Morgan fingerprint density at radius 3 is 2.33 bits per heavy atom. The maximum Gasteiger partial charge on any atom is 0.259 e. The number of hydrogen-bond acceptors (Lipinski definition) is 3. The smallest absolute Gasteiger partial charge is 0.259 e. The number of anilines is 1. The van der Waals surface area contributed by atoms with Crippen LogP contribution in [0.2, 0.25) is 0 Å². The number of rotatable bonds is 6. The van der Waals surface area contributed by atoms with Gasteiger partial charge in [-0.05, 0) is 50.6 Å². The van der Waals surface area contributed by atoms with Gasteiger partial charge in [0.25, 0.3) is 5.91 Å². The lowest BCUT2D eigenvalue weighted by Gasteiger charge is -2.13. The van der Waals surface area contributed by atoms with Gasteiger partial charge in [0.2, 0.25) is 9.84 Å². The average Bonchev–Trinajstić information content (AvgIpc) is 2.93. The largest absolute Gasteiger partial charge is 0.327 e. The van der Waals surface area contributed by atoms with Crippen LogP contribution in [0.25, 0.3) is 0 Å². The number of nitrogens with zero attached hydrogens (tertiary/aromatic N) is 1. The van der Waals surface area contributed by atoms with Crippen molar-refractivity contribution >= 4 is 21.6 Å². The molecule has 0 saturated carbocycles. The van der Waals surface area contributed by atoms with E-state index in [2.05, 4.69) is 11.9 Å². The topological polar surface area (TPSA) is 68.2 Å². The summed E-state index contributed by atoms with van der Waals surface area (Å²) in [6, 6.07) is 12.0. The highest BCUT2D eigenvalue weighted by atomic mass is 32.2. The molecule has 7 heteroatoms. The lowest BCUT2D eigenvalue weighted by atomic mass is 10.2. The Hall–Kier alpha value is -3.19. The lowest BCUT2D eigenvalue weighted by molar-refractivity contribution is 0.102. The molecule has 3 rings (SSSR count). The van der Waals surface area contributed by atoms with Crippen molar-refractivity contribution in [2.24, 2.45) is 0 Å². The Labute approximate surface area is 175 Å². The maximum atomic E-state index is 14.1. The molecule has 0 fully saturated rings. The first-order valence-corrected chi connectivity index (χ1v) is 10.8. The summed E-state index contributed by atoms with van der Waals surface area (Å²) >= 11 is 0. The van der Waals surface area contributed by atoms with Crippen LogP contribution in [0.4, 0.5) is 10.2 Å². The van der Waals surface area contributed by atoms with Crippen LogP contribution in [0.1, 0.15) is 27.2 Å². The van der Waals surface area contributed by atoms with Crippen molar-refractivity contribution in [1.82, 2.24) is 4.57 Å². The molecule has 2 aromatic carbocycles. The summed E-state index contributed by atoms with van der Waals surface area (Å²) in [6.45, 7) is 9.32. The molecule has 0 saturated heterocycles. The highest BCUT2D eigenvalue weighted by molar-refractivity contribution is 7.91. The number of aromatic nitrogens is 1. The van der Waals surface area contributed by atoms with Crippen LogP contribution in [0.3, 0.4) is 0 Å². The monoisotopic (exact) mass is 426 g/mol. The van der Waals surface area contributed by atoms with Crippen LogP contribution in [0, 0.1) is 26.6 Å². The molecule has 1 N–H and O–H groups in total. The molecule has 1 heterocycles. The molecule has 30 heavy (non-hydrogen) atoms. The number of nitrogens with one attached hydrogen (secondary N) is 1. The number of aryl methyl sites for hydroxylation is 1. The first-order chi connectivity index (χ1) is 14.2. The van der Waals surface area contributed by atoms with E-state index in [1.54, 1.807) is 42.7 Å². The zero-order valence-electron chi connectivity index (χ0n) is 17.1. The van der Waals surface area contributed by atoms with Crippen molar-refractivity contribution in [2.75, 3.05) is 5.32 Å². The molecule has 5 nitrogen and oxygen atoms in total. The van der Waals surface area contributed by atoms with E-state index in [4.69, 9.17) is 0 Å². The summed E-state index contributed by atoms with van der Waals surface area (Å²) in [7, 11) is -3.94. The van der Waals surface area contributed by atoms with Crippen LogP contribution in [-0.2, 0) is 16.4 Å². The highest BCUT2D eigenvalue weighted by Gasteiger charge is 2.30. The van der Waals surface area contributed by atoms with E-state index in [0.717, 1.165) is 5.56 Å². The molecule has 156 valence electrons. The molecule has 0 unspecified atom stereocenters. The third-order valence-corrected chi connectivity index (χ3v) is 6.97. The van der Waals surface area contributed by atoms with E-state index in [1.165, 1.54) is 30.3 Å². The molecule has 0 atom stereocenters. The summed E-state index contributed by atoms with van der Waals surface area (Å²) < 4.78 is 42.7. The van der Waals surface area contributed by atoms with E-state index in [9.17, 15) is 17.6 Å². The molecule has 0 aliphatic heterocycles. The summed E-state index contributed by atoms with van der Waals surface area (Å²) in [5, 5.41) is 2.63. The second-order valence-corrected chi connectivity index (χ2v) is 8.92. The van der Waals surface area contributed by atoms with Crippen molar-refractivity contribution in [1.29, 1.82) is 0 Å². The highest BCUT2D eigenvalue weighted by Crippen LogP contribution is 2.35. The molecule has 0 spiro atoms. The lowest BCUT2D eigenvalue weighted by Crippen LogP contribution is -2.19. The van der Waals surface area contributed by atoms with Gasteiger partial charge in [-0.1, -0.05) is 35.9 Å². The van der Waals surface area contributed by atoms with Crippen LogP contribution in [0.15, 0.2) is 71.0 Å². The van der Waals surface area contributed by atoms with Crippen molar-refractivity contribution in [3.05, 3.63) is 89.4 Å². The molecular weight excluding hydrogens is 403 g/mol. The first-order valence-electron chi connectivity index (χ1n) is 9.36. The summed E-state index contributed by atoms with van der Waals surface area (Å²) in [4.78, 5) is 12.9. The second kappa shape index (κ2) is 8.28. The van der Waals surface area contributed by atoms with Crippen molar-refractivity contribution in [3.63, 3.8) is 0 Å². The predicted molar refractivity (Wildman–Crippen MR) is 115 cm³/mol. The summed E-state index contributed by atoms with van der Waals surface area (Å²) in [6.07, 6.45) is 1.60. The normalized spacial score (nSPS) is 11.3. The number of carbonyl (C=O) groups excluding carboxylic acids is 1. The second-order valence-electron chi connectivity index (χ2n) is 7.04. The maximum absolute atomic E-state index is 14.1. The van der Waals surface area contributed by atoms with Gasteiger partial charge in [0.05, 0.1) is 10.5 Å². The molecule has 1 aromatic heterocycles. The van der Waals surface area contributed by atoms with Gasteiger partial charge in [-0.2, -0.15) is 0 Å². The van der Waals surface area contributed by atoms with Gasteiger partial charge in [-0.25, -0.2) is 12.8 Å². The van der Waals surface area contributed by atoms with Crippen molar-refractivity contribution in [3.8, 4) is 0 Å². The third-order valence-electron chi connectivity index (χ3n) is 5.04. The van der Waals surface area contributed by atoms with Gasteiger partial charge in [0.1, 0.15) is 16.5 Å². The van der Waals surface area contributed by atoms with Crippen molar-refractivity contribution in [2.45, 2.75) is 37.1 Å². The zero-order chi connectivity index (χ0) is 22.1. The quantitative estimate of drug-likeness (QED) is 0.575. The fourth-order valence-electron chi connectivity index (χ4n) is 3.30. The number of benzene rings is 2. The van der Waals surface area contributed by atoms with E-state index in [1.807, 2.05) is 6.92 Å². The summed E-state index contributed by atoms with van der Waals surface area (Å²) in [5.41, 5.74) is 1.95. The van der Waals surface area contributed by atoms with E-state index >= 15 is 0 Å². The Morgan fingerprint density at radius 2 is 1.73 bits per heavy atom. The fourth-order valence-corrected chi connectivity index (χ4v) is 5.00. The van der Waals surface area contributed by atoms with Crippen LogP contribution >= 0.6 is 0 Å². The van der Waals surface area contributed by atoms with Crippen LogP contribution < -0.4 is 5.32 Å². The SMILES string of the molecule is C=CCn1c(C)c(C)c(S(=O)(=O)c2ccc(C)cc2)c1NC(=O)c1ccccc1F. The predicted octanol–water partition coefficient (Wildman–Crippen LogP) is 4.82. The van der Waals surface area contributed by atoms with Crippen LogP contribution in [0.5, 0.6) is 0 Å². The number of sulfone groups is 1.